The lowest BCUT2D eigenvalue weighted by Crippen LogP contribution is -2.48. The van der Waals surface area contributed by atoms with Gasteiger partial charge >= 0.3 is 5.97 Å². The van der Waals surface area contributed by atoms with Crippen LogP contribution in [0.2, 0.25) is 5.02 Å². The number of amides is 2. The van der Waals surface area contributed by atoms with E-state index >= 15 is 0 Å². The van der Waals surface area contributed by atoms with Crippen LogP contribution in [0, 0.1) is 0 Å². The van der Waals surface area contributed by atoms with Crippen LogP contribution in [0.5, 0.6) is 0 Å². The van der Waals surface area contributed by atoms with Gasteiger partial charge in [0.1, 0.15) is 6.04 Å². The Hall–Kier alpha value is -2.86. The number of piperidine rings is 1. The first kappa shape index (κ1) is 18.9. The lowest BCUT2D eigenvalue weighted by molar-refractivity contribution is -0.143. The molecular weight excluding hydrogens is 368 g/mol. The van der Waals surface area contributed by atoms with Crippen LogP contribution < -0.4 is 5.32 Å². The first-order valence-corrected chi connectivity index (χ1v) is 9.04. The first-order chi connectivity index (χ1) is 13.0. The van der Waals surface area contributed by atoms with Crippen molar-refractivity contribution < 1.29 is 19.5 Å². The molecule has 1 atom stereocenters. The van der Waals surface area contributed by atoms with Gasteiger partial charge in [0, 0.05) is 28.4 Å². The van der Waals surface area contributed by atoms with E-state index in [0.717, 1.165) is 12.8 Å². The van der Waals surface area contributed by atoms with Crippen LogP contribution in [0.4, 0.5) is 5.69 Å². The number of carboxylic acid groups (broad SMARTS) is 1. The van der Waals surface area contributed by atoms with E-state index in [2.05, 4.69) is 5.32 Å². The number of halogens is 1. The Labute approximate surface area is 161 Å². The Morgan fingerprint density at radius 2 is 1.78 bits per heavy atom. The van der Waals surface area contributed by atoms with Crippen molar-refractivity contribution in [3.05, 3.63) is 64.7 Å². The summed E-state index contributed by atoms with van der Waals surface area (Å²) in [4.78, 5) is 37.9. The monoisotopic (exact) mass is 386 g/mol. The zero-order valence-corrected chi connectivity index (χ0v) is 15.3. The maximum atomic E-state index is 12.8. The van der Waals surface area contributed by atoms with Crippen molar-refractivity contribution >= 4 is 35.1 Å². The molecule has 140 valence electrons. The molecule has 6 nitrogen and oxygen atoms in total. The number of likely N-dealkylation sites (tertiary alicyclic amines) is 1. The highest BCUT2D eigenvalue weighted by Crippen LogP contribution is 2.22. The van der Waals surface area contributed by atoms with E-state index in [1.807, 2.05) is 0 Å². The van der Waals surface area contributed by atoms with Crippen molar-refractivity contribution in [1.29, 1.82) is 0 Å². The number of aliphatic carboxylic acids is 1. The van der Waals surface area contributed by atoms with E-state index in [1.54, 1.807) is 48.5 Å². The maximum Gasteiger partial charge on any atom is 0.326 e. The fourth-order valence-electron chi connectivity index (χ4n) is 3.13. The van der Waals surface area contributed by atoms with Crippen molar-refractivity contribution in [2.24, 2.45) is 0 Å². The average Bonchev–Trinajstić information content (AvgIpc) is 2.68. The predicted octanol–water partition coefficient (Wildman–Crippen LogP) is 3.67. The molecule has 2 N–H and O–H groups in total. The Morgan fingerprint density at radius 1 is 1.04 bits per heavy atom. The Bertz CT molecular complexity index is 867. The van der Waals surface area contributed by atoms with Crippen molar-refractivity contribution in [3.8, 4) is 0 Å². The molecule has 27 heavy (non-hydrogen) atoms. The second-order valence-electron chi connectivity index (χ2n) is 6.39. The minimum absolute atomic E-state index is 0.322. The van der Waals surface area contributed by atoms with Gasteiger partial charge in [-0.2, -0.15) is 0 Å². The molecule has 2 aromatic carbocycles. The zero-order valence-electron chi connectivity index (χ0n) is 14.5. The Balaban J connectivity index is 1.76. The third-order valence-electron chi connectivity index (χ3n) is 4.52. The number of rotatable bonds is 4. The second kappa shape index (κ2) is 8.22. The van der Waals surface area contributed by atoms with Gasteiger partial charge in [0.25, 0.3) is 11.8 Å². The number of anilines is 1. The smallest absolute Gasteiger partial charge is 0.326 e. The minimum atomic E-state index is -0.991. The summed E-state index contributed by atoms with van der Waals surface area (Å²) < 4.78 is 0. The number of nitrogens with zero attached hydrogens (tertiary/aromatic N) is 1. The molecule has 0 aromatic heterocycles. The third kappa shape index (κ3) is 4.46. The van der Waals surface area contributed by atoms with Gasteiger partial charge in [0.05, 0.1) is 0 Å². The Morgan fingerprint density at radius 3 is 2.48 bits per heavy atom. The van der Waals surface area contributed by atoms with Crippen LogP contribution in [0.3, 0.4) is 0 Å². The molecule has 1 aliphatic rings. The van der Waals surface area contributed by atoms with Crippen LogP contribution in [-0.4, -0.2) is 40.4 Å². The van der Waals surface area contributed by atoms with Crippen molar-refractivity contribution in [2.75, 3.05) is 11.9 Å². The topological polar surface area (TPSA) is 86.7 Å². The van der Waals surface area contributed by atoms with Gasteiger partial charge < -0.3 is 15.3 Å². The van der Waals surface area contributed by atoms with E-state index in [0.29, 0.717) is 34.8 Å². The number of nitrogens with one attached hydrogen (secondary N) is 1. The van der Waals surface area contributed by atoms with Gasteiger partial charge in [-0.3, -0.25) is 9.59 Å². The van der Waals surface area contributed by atoms with Gasteiger partial charge in [-0.05, 0) is 61.7 Å². The number of benzene rings is 2. The van der Waals surface area contributed by atoms with E-state index < -0.39 is 12.0 Å². The highest BCUT2D eigenvalue weighted by Gasteiger charge is 2.32. The number of carboxylic acids is 1. The highest BCUT2D eigenvalue weighted by atomic mass is 35.5. The summed E-state index contributed by atoms with van der Waals surface area (Å²) >= 11 is 5.82. The molecule has 1 heterocycles. The normalized spacial score (nSPS) is 16.6. The molecule has 7 heteroatoms. The van der Waals surface area contributed by atoms with Crippen LogP contribution >= 0.6 is 11.6 Å². The SMILES string of the molecule is O=C(Nc1cccc(C(=O)N2CCCCC2C(=O)O)c1)c1ccc(Cl)cc1. The predicted molar refractivity (Wildman–Crippen MR) is 102 cm³/mol. The first-order valence-electron chi connectivity index (χ1n) is 8.66. The number of carbonyl (C=O) groups is 3. The molecule has 1 saturated heterocycles. The molecule has 2 amide bonds. The standard InChI is InChI=1S/C20H19ClN2O4/c21-15-9-7-13(8-10-15)18(24)22-16-5-3-4-14(12-16)19(25)23-11-2-1-6-17(23)20(26)27/h3-5,7-10,12,17H,1-2,6,11H2,(H,22,24)(H,26,27). The van der Waals surface area contributed by atoms with Crippen molar-refractivity contribution in [1.82, 2.24) is 4.90 Å². The fraction of sp³-hybridized carbons (Fsp3) is 0.250. The van der Waals surface area contributed by atoms with E-state index in [1.165, 1.54) is 4.90 Å². The van der Waals surface area contributed by atoms with E-state index in [-0.39, 0.29) is 11.8 Å². The van der Waals surface area contributed by atoms with E-state index in [9.17, 15) is 19.5 Å². The molecule has 0 spiro atoms. The number of hydrogen-bond acceptors (Lipinski definition) is 3. The molecule has 0 saturated carbocycles. The highest BCUT2D eigenvalue weighted by molar-refractivity contribution is 6.30. The minimum Gasteiger partial charge on any atom is -0.480 e. The number of carbonyl (C=O) groups excluding carboxylic acids is 2. The van der Waals surface area contributed by atoms with Gasteiger partial charge in [0.2, 0.25) is 0 Å². The van der Waals surface area contributed by atoms with Gasteiger partial charge in [0.15, 0.2) is 0 Å². The maximum absolute atomic E-state index is 12.8. The summed E-state index contributed by atoms with van der Waals surface area (Å²) in [6, 6.07) is 12.2. The largest absolute Gasteiger partial charge is 0.480 e. The van der Waals surface area contributed by atoms with Crippen LogP contribution in [0.25, 0.3) is 0 Å². The lowest BCUT2D eigenvalue weighted by Gasteiger charge is -2.33. The summed E-state index contributed by atoms with van der Waals surface area (Å²) in [7, 11) is 0. The zero-order chi connectivity index (χ0) is 19.4. The molecular formula is C20H19ClN2O4. The molecule has 3 rings (SSSR count). The second-order valence-corrected chi connectivity index (χ2v) is 6.83. The van der Waals surface area contributed by atoms with Crippen LogP contribution in [0.1, 0.15) is 40.0 Å². The average molecular weight is 387 g/mol. The van der Waals surface area contributed by atoms with Gasteiger partial charge in [-0.1, -0.05) is 17.7 Å². The fourth-order valence-corrected chi connectivity index (χ4v) is 3.26. The summed E-state index contributed by atoms with van der Waals surface area (Å²) in [5, 5.41) is 12.6. The van der Waals surface area contributed by atoms with E-state index in [4.69, 9.17) is 11.6 Å². The van der Waals surface area contributed by atoms with Gasteiger partial charge in [-0.15, -0.1) is 0 Å². The molecule has 1 unspecified atom stereocenters. The summed E-state index contributed by atoms with van der Waals surface area (Å²) in [5.74, 6) is -1.66. The summed E-state index contributed by atoms with van der Waals surface area (Å²) in [6.07, 6.45) is 2.02. The van der Waals surface area contributed by atoms with Gasteiger partial charge in [-0.25, -0.2) is 4.79 Å². The van der Waals surface area contributed by atoms with Crippen LogP contribution in [0.15, 0.2) is 48.5 Å². The molecule has 1 aliphatic heterocycles. The summed E-state index contributed by atoms with van der Waals surface area (Å²) in [5.41, 5.74) is 1.25. The molecule has 0 bridgehead atoms. The third-order valence-corrected chi connectivity index (χ3v) is 4.77. The lowest BCUT2D eigenvalue weighted by atomic mass is 10.0. The molecule has 0 radical (unpaired) electrons. The quantitative estimate of drug-likeness (QED) is 0.839. The van der Waals surface area contributed by atoms with Crippen molar-refractivity contribution in [3.63, 3.8) is 0 Å². The molecule has 0 aliphatic carbocycles. The van der Waals surface area contributed by atoms with Crippen LogP contribution in [-0.2, 0) is 4.79 Å². The van der Waals surface area contributed by atoms with Crippen molar-refractivity contribution in [2.45, 2.75) is 25.3 Å². The molecule has 2 aromatic rings. The molecule has 1 fully saturated rings. The Kier molecular flexibility index (Phi) is 5.76. The number of hydrogen-bond donors (Lipinski definition) is 2. The summed E-state index contributed by atoms with van der Waals surface area (Å²) in [6.45, 7) is 0.414.